The number of amides is 3. The monoisotopic (exact) mass is 772 g/mol. The zero-order valence-corrected chi connectivity index (χ0v) is 32.0. The number of likely N-dealkylation sites (tertiary alicyclic amines) is 1. The molecule has 2 aliphatic rings. The van der Waals surface area contributed by atoms with Gasteiger partial charge in [0, 0.05) is 22.1 Å². The lowest BCUT2D eigenvalue weighted by molar-refractivity contribution is -0.268. The van der Waals surface area contributed by atoms with Crippen molar-refractivity contribution in [3.63, 3.8) is 0 Å². The van der Waals surface area contributed by atoms with Crippen LogP contribution in [0.3, 0.4) is 0 Å². The predicted molar refractivity (Wildman–Crippen MR) is 212 cm³/mol. The van der Waals surface area contributed by atoms with E-state index in [4.69, 9.17) is 18.9 Å². The van der Waals surface area contributed by atoms with E-state index < -0.39 is 24.3 Å². The van der Waals surface area contributed by atoms with Crippen LogP contribution in [0.4, 0.5) is 4.79 Å². The van der Waals surface area contributed by atoms with Crippen molar-refractivity contribution >= 4 is 29.7 Å². The maximum absolute atomic E-state index is 13.2. The first-order valence-electron chi connectivity index (χ1n) is 18.6. The van der Waals surface area contributed by atoms with E-state index in [9.17, 15) is 19.5 Å². The summed E-state index contributed by atoms with van der Waals surface area (Å²) < 4.78 is 24.2. The number of rotatable bonds is 13. The van der Waals surface area contributed by atoms with Gasteiger partial charge in [0.15, 0.2) is 6.29 Å². The topological polar surface area (TPSA) is 124 Å². The highest BCUT2D eigenvalue weighted by Gasteiger charge is 2.40. The standard InChI is InChI=1S/C45H44N2O8S/c1-29-39(28-56-40-14-7-6-13-38(40)52-2)54-44(55-42(29)34-17-15-30(26-48)16-18-34)35-21-19-33(20-22-35)36-12-8-11-32(23-36)25-47-41(49)24-37(43(47)50)46-45(51)53-27-31-9-4-3-5-10-31/h3-23,29,37,39,42,44,48H,24-28H2,1-2H3,(H,46,51)/t29-,37?,39+,42+,44+/m1/s1. The van der Waals surface area contributed by atoms with E-state index >= 15 is 0 Å². The molecule has 3 amide bonds. The highest BCUT2D eigenvalue weighted by molar-refractivity contribution is 7.99. The summed E-state index contributed by atoms with van der Waals surface area (Å²) in [5.74, 6) is 0.715. The Morgan fingerprint density at radius 2 is 1.54 bits per heavy atom. The van der Waals surface area contributed by atoms with Gasteiger partial charge in [-0.15, -0.1) is 11.8 Å². The van der Waals surface area contributed by atoms with E-state index in [1.54, 1.807) is 18.9 Å². The Labute approximate surface area is 330 Å². The first kappa shape index (κ1) is 38.8. The van der Waals surface area contributed by atoms with E-state index in [1.807, 2.05) is 127 Å². The van der Waals surface area contributed by atoms with Crippen molar-refractivity contribution in [1.29, 1.82) is 0 Å². The summed E-state index contributed by atoms with van der Waals surface area (Å²) in [4.78, 5) is 40.7. The number of nitrogens with zero attached hydrogens (tertiary/aromatic N) is 1. The Morgan fingerprint density at radius 1 is 0.821 bits per heavy atom. The summed E-state index contributed by atoms with van der Waals surface area (Å²) in [6, 6.07) is 39.8. The zero-order valence-electron chi connectivity index (χ0n) is 31.2. The molecule has 0 aliphatic carbocycles. The minimum absolute atomic E-state index is 0.0269. The van der Waals surface area contributed by atoms with Gasteiger partial charge in [-0.05, 0) is 51.6 Å². The van der Waals surface area contributed by atoms with Crippen LogP contribution in [-0.4, -0.2) is 52.9 Å². The number of nitrogens with one attached hydrogen (secondary N) is 1. The maximum Gasteiger partial charge on any atom is 0.408 e. The van der Waals surface area contributed by atoms with Crippen molar-refractivity contribution in [3.05, 3.63) is 155 Å². The second-order valence-electron chi connectivity index (χ2n) is 13.9. The molecule has 2 N–H and O–H groups in total. The molecule has 7 rings (SSSR count). The van der Waals surface area contributed by atoms with Crippen molar-refractivity contribution in [2.45, 2.75) is 62.5 Å². The molecule has 0 saturated carbocycles. The molecule has 5 aromatic carbocycles. The zero-order chi connectivity index (χ0) is 39.0. The van der Waals surface area contributed by atoms with Gasteiger partial charge in [-0.1, -0.05) is 116 Å². The van der Waals surface area contributed by atoms with Crippen molar-refractivity contribution in [2.24, 2.45) is 5.92 Å². The minimum Gasteiger partial charge on any atom is -0.496 e. The third-order valence-corrected chi connectivity index (χ3v) is 11.3. The molecule has 0 bridgehead atoms. The van der Waals surface area contributed by atoms with Crippen LogP contribution in [0.1, 0.15) is 53.6 Å². The van der Waals surface area contributed by atoms with Gasteiger partial charge >= 0.3 is 6.09 Å². The third-order valence-electron chi connectivity index (χ3n) is 10.1. The number of para-hydroxylation sites is 1. The van der Waals surface area contributed by atoms with E-state index in [0.29, 0.717) is 5.75 Å². The summed E-state index contributed by atoms with van der Waals surface area (Å²) in [5, 5.41) is 12.2. The molecule has 0 spiro atoms. The fraction of sp³-hybridized carbons (Fsp3) is 0.267. The summed E-state index contributed by atoms with van der Waals surface area (Å²) in [6.07, 6.45) is -1.89. The Morgan fingerprint density at radius 3 is 2.29 bits per heavy atom. The van der Waals surface area contributed by atoms with Crippen molar-refractivity contribution in [2.75, 3.05) is 12.9 Å². The smallest absolute Gasteiger partial charge is 0.408 e. The number of thioether (sulfide) groups is 1. The number of hydrogen-bond donors (Lipinski definition) is 2. The lowest BCUT2D eigenvalue weighted by Gasteiger charge is -2.41. The van der Waals surface area contributed by atoms with E-state index in [2.05, 4.69) is 12.2 Å². The van der Waals surface area contributed by atoms with Gasteiger partial charge in [0.05, 0.1) is 38.9 Å². The molecule has 10 nitrogen and oxygen atoms in total. The molecular weight excluding hydrogens is 729 g/mol. The number of carbonyl (C=O) groups excluding carboxylic acids is 3. The van der Waals surface area contributed by atoms with Gasteiger partial charge in [-0.3, -0.25) is 14.5 Å². The molecule has 0 aromatic heterocycles. The molecule has 5 aromatic rings. The Hall–Kier alpha value is -5.46. The normalized spacial score (nSPS) is 20.8. The third kappa shape index (κ3) is 9.14. The first-order valence-corrected chi connectivity index (χ1v) is 19.5. The maximum atomic E-state index is 13.2. The molecule has 2 aliphatic heterocycles. The molecule has 2 saturated heterocycles. The molecule has 56 heavy (non-hydrogen) atoms. The van der Waals surface area contributed by atoms with E-state index in [-0.39, 0.29) is 50.2 Å². The summed E-state index contributed by atoms with van der Waals surface area (Å²) >= 11 is 1.69. The number of ether oxygens (including phenoxy) is 4. The highest BCUT2D eigenvalue weighted by Crippen LogP contribution is 2.44. The second kappa shape index (κ2) is 18.0. The van der Waals surface area contributed by atoms with E-state index in [0.717, 1.165) is 49.6 Å². The molecule has 1 unspecified atom stereocenters. The predicted octanol–water partition coefficient (Wildman–Crippen LogP) is 7.99. The number of aliphatic hydroxyl groups excluding tert-OH is 1. The largest absolute Gasteiger partial charge is 0.496 e. The lowest BCUT2D eigenvalue weighted by Crippen LogP contribution is -2.41. The molecule has 2 heterocycles. The summed E-state index contributed by atoms with van der Waals surface area (Å²) in [5.41, 5.74) is 6.18. The van der Waals surface area contributed by atoms with Gasteiger partial charge in [-0.2, -0.15) is 0 Å². The summed E-state index contributed by atoms with van der Waals surface area (Å²) in [6.45, 7) is 2.26. The van der Waals surface area contributed by atoms with Crippen LogP contribution < -0.4 is 10.1 Å². The average molecular weight is 773 g/mol. The fourth-order valence-corrected chi connectivity index (χ4v) is 8.15. The molecule has 11 heteroatoms. The van der Waals surface area contributed by atoms with Crippen LogP contribution in [0, 0.1) is 5.92 Å². The first-order chi connectivity index (χ1) is 27.3. The Bertz CT molecular complexity index is 2130. The van der Waals surface area contributed by atoms with E-state index in [1.165, 1.54) is 4.90 Å². The van der Waals surface area contributed by atoms with Crippen molar-refractivity contribution < 1.29 is 38.4 Å². The number of methoxy groups -OCH3 is 1. The van der Waals surface area contributed by atoms with Crippen LogP contribution in [-0.2, 0) is 43.6 Å². The second-order valence-corrected chi connectivity index (χ2v) is 14.9. The molecule has 5 atom stereocenters. The lowest BCUT2D eigenvalue weighted by atomic mass is 9.91. The number of carbonyl (C=O) groups is 3. The Kier molecular flexibility index (Phi) is 12.5. The van der Waals surface area contributed by atoms with Gasteiger partial charge in [0.25, 0.3) is 5.91 Å². The number of alkyl carbamates (subject to hydrolysis) is 1. The van der Waals surface area contributed by atoms with Gasteiger partial charge in [0.1, 0.15) is 18.4 Å². The quantitative estimate of drug-likeness (QED) is 0.0906. The van der Waals surface area contributed by atoms with Crippen molar-refractivity contribution in [3.8, 4) is 16.9 Å². The average Bonchev–Trinajstić information content (AvgIpc) is 3.50. The SMILES string of the molecule is COc1ccccc1SC[C@@H]1O[C@H](c2ccc(-c3cccc(CN4C(=O)CC(NC(=O)OCc5ccccc5)C4=O)c3)cc2)O[C@H](c2ccc(CO)cc2)[C@@H]1C. The molecule has 2 fully saturated rings. The number of hydrogen-bond acceptors (Lipinski definition) is 9. The fourth-order valence-electron chi connectivity index (χ4n) is 6.95. The van der Waals surface area contributed by atoms with Crippen LogP contribution in [0.15, 0.2) is 132 Å². The molecule has 288 valence electrons. The van der Waals surface area contributed by atoms with Crippen LogP contribution >= 0.6 is 11.8 Å². The minimum atomic E-state index is -0.979. The summed E-state index contributed by atoms with van der Waals surface area (Å²) in [7, 11) is 1.67. The van der Waals surface area contributed by atoms with Crippen LogP contribution in [0.2, 0.25) is 0 Å². The number of aliphatic hydroxyl groups is 1. The Balaban J connectivity index is 1.02. The number of benzene rings is 5. The van der Waals surface area contributed by atoms with Gasteiger partial charge < -0.3 is 29.4 Å². The van der Waals surface area contributed by atoms with Gasteiger partial charge in [-0.25, -0.2) is 4.79 Å². The molecular formula is C45H44N2O8S. The molecule has 0 radical (unpaired) electrons. The van der Waals surface area contributed by atoms with Gasteiger partial charge in [0.2, 0.25) is 5.91 Å². The van der Waals surface area contributed by atoms with Crippen LogP contribution in [0.5, 0.6) is 5.75 Å². The number of imide groups is 1. The van der Waals surface area contributed by atoms with Crippen molar-refractivity contribution in [1.82, 2.24) is 10.2 Å². The highest BCUT2D eigenvalue weighted by atomic mass is 32.2. The van der Waals surface area contributed by atoms with Crippen LogP contribution in [0.25, 0.3) is 11.1 Å².